The molecule has 0 fully saturated rings. The summed E-state index contributed by atoms with van der Waals surface area (Å²) >= 11 is 0. The molecule has 0 aliphatic rings. The second kappa shape index (κ2) is 11.6. The Balaban J connectivity index is 2.43. The van der Waals surface area contributed by atoms with Crippen molar-refractivity contribution in [3.8, 4) is 0 Å². The van der Waals surface area contributed by atoms with Crippen LogP contribution in [0.5, 0.6) is 0 Å². The van der Waals surface area contributed by atoms with Gasteiger partial charge in [0.05, 0.1) is 17.1 Å². The Bertz CT molecular complexity index is 955. The van der Waals surface area contributed by atoms with Crippen molar-refractivity contribution in [1.29, 1.82) is 0 Å². The third-order valence-electron chi connectivity index (χ3n) is 6.02. The molecule has 2 amide bonds. The van der Waals surface area contributed by atoms with Gasteiger partial charge in [0.15, 0.2) is 6.17 Å². The Morgan fingerprint density at radius 2 is 1.64 bits per heavy atom. The number of anilines is 3. The van der Waals surface area contributed by atoms with E-state index >= 15 is 0 Å². The minimum absolute atomic E-state index is 0.210. The highest BCUT2D eigenvalue weighted by Gasteiger charge is 2.26. The SMILES string of the molecule is CCC(CC)c1cc(NC(NC(C)=O)C(=O)N(C)Cc2ccccc2)c(N)c(N)c1C(C)C. The van der Waals surface area contributed by atoms with Gasteiger partial charge in [-0.1, -0.05) is 58.0 Å². The molecule has 1 unspecified atom stereocenters. The van der Waals surface area contributed by atoms with Crippen LogP contribution in [0.4, 0.5) is 17.1 Å². The number of nitrogens with zero attached hydrogens (tertiary/aromatic N) is 1. The summed E-state index contributed by atoms with van der Waals surface area (Å²) in [7, 11) is 1.71. The molecule has 0 radical (unpaired) electrons. The number of nitrogen functional groups attached to an aromatic ring is 2. The second-order valence-electron chi connectivity index (χ2n) is 8.88. The van der Waals surface area contributed by atoms with Crippen LogP contribution in [-0.2, 0) is 16.1 Å². The molecule has 2 aromatic carbocycles. The number of nitrogens with one attached hydrogen (secondary N) is 2. The maximum atomic E-state index is 13.3. The fourth-order valence-electron chi connectivity index (χ4n) is 4.26. The molecule has 180 valence electrons. The molecule has 0 aliphatic heterocycles. The molecule has 0 heterocycles. The van der Waals surface area contributed by atoms with Crippen LogP contribution in [-0.4, -0.2) is 29.9 Å². The number of amides is 2. The molecule has 0 spiro atoms. The highest BCUT2D eigenvalue weighted by Crippen LogP contribution is 2.41. The van der Waals surface area contributed by atoms with Gasteiger partial charge in [-0.2, -0.15) is 0 Å². The van der Waals surface area contributed by atoms with Gasteiger partial charge in [0.25, 0.3) is 5.91 Å². The maximum absolute atomic E-state index is 13.3. The van der Waals surface area contributed by atoms with Crippen LogP contribution >= 0.6 is 0 Å². The van der Waals surface area contributed by atoms with E-state index in [0.717, 1.165) is 29.5 Å². The molecule has 33 heavy (non-hydrogen) atoms. The Hall–Kier alpha value is -3.22. The highest BCUT2D eigenvalue weighted by atomic mass is 16.2. The van der Waals surface area contributed by atoms with E-state index < -0.39 is 6.17 Å². The van der Waals surface area contributed by atoms with Crippen molar-refractivity contribution in [2.45, 2.75) is 72.0 Å². The van der Waals surface area contributed by atoms with E-state index in [1.165, 1.54) is 6.92 Å². The van der Waals surface area contributed by atoms with E-state index in [9.17, 15) is 9.59 Å². The fourth-order valence-corrected chi connectivity index (χ4v) is 4.26. The minimum Gasteiger partial charge on any atom is -0.397 e. The first kappa shape index (κ1) is 26.0. The lowest BCUT2D eigenvalue weighted by Gasteiger charge is -2.29. The van der Waals surface area contributed by atoms with Gasteiger partial charge in [-0.15, -0.1) is 0 Å². The summed E-state index contributed by atoms with van der Waals surface area (Å²) in [6.45, 7) is 10.3. The Morgan fingerprint density at radius 3 is 2.15 bits per heavy atom. The lowest BCUT2D eigenvalue weighted by Crippen LogP contribution is -2.51. The number of carbonyl (C=O) groups is 2. The van der Waals surface area contributed by atoms with Crippen molar-refractivity contribution < 1.29 is 9.59 Å². The van der Waals surface area contributed by atoms with Crippen LogP contribution in [0.2, 0.25) is 0 Å². The van der Waals surface area contributed by atoms with Crippen LogP contribution in [0.15, 0.2) is 36.4 Å². The second-order valence-corrected chi connectivity index (χ2v) is 8.88. The van der Waals surface area contributed by atoms with Gasteiger partial charge in [0.2, 0.25) is 5.91 Å². The minimum atomic E-state index is -0.975. The van der Waals surface area contributed by atoms with Crippen molar-refractivity contribution in [2.24, 2.45) is 0 Å². The lowest BCUT2D eigenvalue weighted by atomic mass is 9.84. The van der Waals surface area contributed by atoms with E-state index in [1.807, 2.05) is 36.4 Å². The van der Waals surface area contributed by atoms with Crippen LogP contribution in [0.3, 0.4) is 0 Å². The molecule has 1 atom stereocenters. The van der Waals surface area contributed by atoms with Gasteiger partial charge >= 0.3 is 0 Å². The quantitative estimate of drug-likeness (QED) is 0.314. The number of rotatable bonds is 10. The monoisotopic (exact) mass is 453 g/mol. The molecule has 7 nitrogen and oxygen atoms in total. The molecule has 7 heteroatoms. The average Bonchev–Trinajstić information content (AvgIpc) is 2.77. The van der Waals surface area contributed by atoms with E-state index in [-0.39, 0.29) is 17.7 Å². The fraction of sp³-hybridized carbons (Fsp3) is 0.462. The number of hydrogen-bond acceptors (Lipinski definition) is 5. The van der Waals surface area contributed by atoms with Crippen molar-refractivity contribution >= 4 is 28.9 Å². The summed E-state index contributed by atoms with van der Waals surface area (Å²) in [5, 5.41) is 5.89. The Morgan fingerprint density at radius 1 is 1.03 bits per heavy atom. The molecule has 2 rings (SSSR count). The van der Waals surface area contributed by atoms with E-state index in [4.69, 9.17) is 11.5 Å². The summed E-state index contributed by atoms with van der Waals surface area (Å²) in [5.41, 5.74) is 17.6. The molecule has 0 bridgehead atoms. The van der Waals surface area contributed by atoms with E-state index in [2.05, 4.69) is 38.3 Å². The van der Waals surface area contributed by atoms with Crippen molar-refractivity contribution in [2.75, 3.05) is 23.8 Å². The first-order valence-corrected chi connectivity index (χ1v) is 11.6. The maximum Gasteiger partial charge on any atom is 0.265 e. The molecular formula is C26H39N5O2. The number of benzene rings is 2. The molecule has 2 aromatic rings. The zero-order valence-electron chi connectivity index (χ0n) is 20.7. The summed E-state index contributed by atoms with van der Waals surface area (Å²) in [6, 6.07) is 11.7. The molecule has 0 aliphatic carbocycles. The number of likely N-dealkylation sites (N-methyl/N-ethyl adjacent to an activating group) is 1. The number of hydrogen-bond donors (Lipinski definition) is 4. The Kier molecular flexibility index (Phi) is 9.14. The lowest BCUT2D eigenvalue weighted by molar-refractivity contribution is -0.134. The smallest absolute Gasteiger partial charge is 0.265 e. The summed E-state index contributed by atoms with van der Waals surface area (Å²) < 4.78 is 0. The van der Waals surface area contributed by atoms with Crippen molar-refractivity contribution in [3.05, 3.63) is 53.1 Å². The topological polar surface area (TPSA) is 113 Å². The predicted molar refractivity (Wildman–Crippen MR) is 137 cm³/mol. The normalized spacial score (nSPS) is 12.0. The molecule has 6 N–H and O–H groups in total. The number of carbonyl (C=O) groups excluding carboxylic acids is 2. The van der Waals surface area contributed by atoms with E-state index in [1.54, 1.807) is 11.9 Å². The number of nitrogens with two attached hydrogens (primary N) is 2. The molecule has 0 saturated heterocycles. The van der Waals surface area contributed by atoms with Crippen molar-refractivity contribution in [3.63, 3.8) is 0 Å². The summed E-state index contributed by atoms with van der Waals surface area (Å²) in [4.78, 5) is 26.8. The predicted octanol–water partition coefficient (Wildman–Crippen LogP) is 4.41. The van der Waals surface area contributed by atoms with E-state index in [0.29, 0.717) is 29.5 Å². The molecule has 0 aromatic heterocycles. The average molecular weight is 454 g/mol. The summed E-state index contributed by atoms with van der Waals surface area (Å²) in [5.74, 6) is -0.0631. The summed E-state index contributed by atoms with van der Waals surface area (Å²) in [6.07, 6.45) is 0.956. The van der Waals surface area contributed by atoms with Crippen LogP contribution in [0, 0.1) is 0 Å². The van der Waals surface area contributed by atoms with Gasteiger partial charge in [-0.05, 0) is 47.4 Å². The van der Waals surface area contributed by atoms with Crippen LogP contribution in [0.1, 0.15) is 76.0 Å². The zero-order valence-corrected chi connectivity index (χ0v) is 20.7. The first-order chi connectivity index (χ1) is 15.6. The standard InChI is InChI=1S/C26H39N5O2/c1-7-19(8-2)20-14-21(23(27)24(28)22(20)16(3)4)30-25(29-17(5)32)26(33)31(6)15-18-12-10-9-11-13-18/h9-14,16,19,25,30H,7-8,15,27-28H2,1-6H3,(H,29,32). The van der Waals surface area contributed by atoms with Gasteiger partial charge in [-0.3, -0.25) is 9.59 Å². The zero-order chi connectivity index (χ0) is 24.7. The largest absolute Gasteiger partial charge is 0.397 e. The van der Waals surface area contributed by atoms with Crippen LogP contribution in [0.25, 0.3) is 0 Å². The molecular weight excluding hydrogens is 414 g/mol. The van der Waals surface area contributed by atoms with Gasteiger partial charge < -0.3 is 27.0 Å². The highest BCUT2D eigenvalue weighted by molar-refractivity contribution is 5.91. The molecule has 0 saturated carbocycles. The Labute approximate surface area is 197 Å². The van der Waals surface area contributed by atoms with Gasteiger partial charge in [0.1, 0.15) is 0 Å². The third kappa shape index (κ3) is 6.40. The third-order valence-corrected chi connectivity index (χ3v) is 6.02. The van der Waals surface area contributed by atoms with Gasteiger partial charge in [0, 0.05) is 20.5 Å². The van der Waals surface area contributed by atoms with Crippen LogP contribution < -0.4 is 22.1 Å². The van der Waals surface area contributed by atoms with Gasteiger partial charge in [-0.25, -0.2) is 0 Å². The van der Waals surface area contributed by atoms with Crippen molar-refractivity contribution in [1.82, 2.24) is 10.2 Å². The first-order valence-electron chi connectivity index (χ1n) is 11.6.